The zero-order valence-electron chi connectivity index (χ0n) is 18.9. The molecule has 0 amide bonds. The van der Waals surface area contributed by atoms with Gasteiger partial charge >= 0.3 is 5.97 Å². The Morgan fingerprint density at radius 3 is 2.14 bits per heavy atom. The first-order chi connectivity index (χ1) is 16.8. The van der Waals surface area contributed by atoms with Crippen LogP contribution in [-0.2, 0) is 28.0 Å². The van der Waals surface area contributed by atoms with Crippen molar-refractivity contribution < 1.29 is 27.1 Å². The fourth-order valence-corrected chi connectivity index (χ4v) is 4.36. The smallest absolute Gasteiger partial charge is 0.338 e. The number of carbonyl (C=O) groups excluding carboxylic acids is 1. The number of hydrogen-bond donors (Lipinski definition) is 1. The van der Waals surface area contributed by atoms with Gasteiger partial charge in [0.15, 0.2) is 11.1 Å². The second-order valence-electron chi connectivity index (χ2n) is 8.01. The molecule has 8 heteroatoms. The first kappa shape index (κ1) is 24.5. The molecule has 180 valence electrons. The van der Waals surface area contributed by atoms with Gasteiger partial charge in [-0.15, -0.1) is 0 Å². The van der Waals surface area contributed by atoms with E-state index in [0.29, 0.717) is 6.42 Å². The van der Waals surface area contributed by atoms with Crippen LogP contribution in [0.4, 0.5) is 8.78 Å². The quantitative estimate of drug-likeness (QED) is 0.246. The maximum absolute atomic E-state index is 13.6. The van der Waals surface area contributed by atoms with Crippen LogP contribution in [-0.4, -0.2) is 25.9 Å². The van der Waals surface area contributed by atoms with E-state index in [4.69, 9.17) is 9.29 Å². The molecule has 0 radical (unpaired) electrons. The fraction of sp³-hybridized carbons (Fsp3) is 0.148. The number of nitrogens with zero attached hydrogens (tertiary/aromatic N) is 1. The molecule has 1 aromatic heterocycles. The van der Waals surface area contributed by atoms with Crippen LogP contribution in [0.15, 0.2) is 78.9 Å². The molecule has 0 spiro atoms. The summed E-state index contributed by atoms with van der Waals surface area (Å²) in [6, 6.07) is 20.7. The van der Waals surface area contributed by atoms with Crippen LogP contribution in [0.1, 0.15) is 27.2 Å². The van der Waals surface area contributed by atoms with E-state index in [-0.39, 0.29) is 23.7 Å². The van der Waals surface area contributed by atoms with Crippen molar-refractivity contribution in [3.05, 3.63) is 113 Å². The fourth-order valence-electron chi connectivity index (χ4n) is 3.88. The minimum absolute atomic E-state index is 0.0446. The summed E-state index contributed by atoms with van der Waals surface area (Å²) in [6.07, 6.45) is 0.446. The highest BCUT2D eigenvalue weighted by molar-refractivity contribution is 7.78. The van der Waals surface area contributed by atoms with Gasteiger partial charge in [0.05, 0.1) is 23.6 Å². The lowest BCUT2D eigenvalue weighted by molar-refractivity contribution is 0.0509. The van der Waals surface area contributed by atoms with E-state index < -0.39 is 22.9 Å². The molecule has 0 saturated carbocycles. The Balaban J connectivity index is 1.60. The van der Waals surface area contributed by atoms with E-state index in [2.05, 4.69) is 0 Å². The summed E-state index contributed by atoms with van der Waals surface area (Å²) in [7, 11) is 0. The number of rotatable bonds is 8. The summed E-state index contributed by atoms with van der Waals surface area (Å²) in [5, 5.41) is 0. The molecule has 0 bridgehead atoms. The van der Waals surface area contributed by atoms with E-state index in [0.717, 1.165) is 33.8 Å². The van der Waals surface area contributed by atoms with Gasteiger partial charge in [0, 0.05) is 17.8 Å². The monoisotopic (exact) mass is 495 g/mol. The Labute approximate surface area is 204 Å². The lowest BCUT2D eigenvalue weighted by Crippen LogP contribution is -2.08. The normalized spacial score (nSPS) is 11.9. The van der Waals surface area contributed by atoms with Gasteiger partial charge in [-0.05, 0) is 78.2 Å². The van der Waals surface area contributed by atoms with E-state index in [9.17, 15) is 17.8 Å². The van der Waals surface area contributed by atoms with Crippen LogP contribution in [0.3, 0.4) is 0 Å². The maximum Gasteiger partial charge on any atom is 0.338 e. The van der Waals surface area contributed by atoms with Crippen molar-refractivity contribution in [3.8, 4) is 16.9 Å². The number of carbonyl (C=O) groups is 1. The van der Waals surface area contributed by atoms with Crippen LogP contribution in [0.25, 0.3) is 16.9 Å². The predicted octanol–water partition coefficient (Wildman–Crippen LogP) is 5.85. The Bertz CT molecular complexity index is 1350. The summed E-state index contributed by atoms with van der Waals surface area (Å²) in [6.45, 7) is 2.07. The van der Waals surface area contributed by atoms with Gasteiger partial charge in [-0.1, -0.05) is 24.3 Å². The highest BCUT2D eigenvalue weighted by atomic mass is 32.2. The summed E-state index contributed by atoms with van der Waals surface area (Å²) in [5.74, 6) is -1.25. The summed E-state index contributed by atoms with van der Waals surface area (Å²) in [5.41, 5.74) is 5.36. The van der Waals surface area contributed by atoms with Crippen molar-refractivity contribution in [2.24, 2.45) is 0 Å². The van der Waals surface area contributed by atoms with Crippen LogP contribution in [0.5, 0.6) is 0 Å². The molecule has 35 heavy (non-hydrogen) atoms. The minimum Gasteiger partial charge on any atom is -0.462 e. The molecule has 0 fully saturated rings. The topological polar surface area (TPSA) is 68.5 Å². The third-order valence-electron chi connectivity index (χ3n) is 5.66. The molecule has 0 aliphatic carbocycles. The number of esters is 1. The van der Waals surface area contributed by atoms with Crippen LogP contribution in [0, 0.1) is 18.6 Å². The highest BCUT2D eigenvalue weighted by Gasteiger charge is 2.16. The number of halogens is 2. The SMILES string of the molecule is Cc1c(CCOC(=O)c2ccc(F)cc2)cc(-c2ccc(CS(=O)O)cc2)n1-c1ccc(F)cc1. The number of benzene rings is 3. The highest BCUT2D eigenvalue weighted by Crippen LogP contribution is 2.30. The number of ether oxygens (including phenoxy) is 1. The van der Waals surface area contributed by atoms with E-state index in [1.807, 2.05) is 29.7 Å². The summed E-state index contributed by atoms with van der Waals surface area (Å²) < 4.78 is 54.3. The van der Waals surface area contributed by atoms with Crippen molar-refractivity contribution in [2.45, 2.75) is 19.1 Å². The molecule has 4 rings (SSSR count). The number of hydrogen-bond acceptors (Lipinski definition) is 3. The molecule has 1 unspecified atom stereocenters. The average molecular weight is 496 g/mol. The first-order valence-electron chi connectivity index (χ1n) is 10.9. The zero-order chi connectivity index (χ0) is 24.9. The third kappa shape index (κ3) is 5.90. The lowest BCUT2D eigenvalue weighted by atomic mass is 10.1. The number of aromatic nitrogens is 1. The summed E-state index contributed by atoms with van der Waals surface area (Å²) >= 11 is -1.93. The van der Waals surface area contributed by atoms with Gasteiger partial charge in [-0.2, -0.15) is 0 Å². The molecule has 4 aromatic rings. The van der Waals surface area contributed by atoms with Crippen molar-refractivity contribution in [2.75, 3.05) is 6.61 Å². The van der Waals surface area contributed by atoms with Gasteiger partial charge in [0.1, 0.15) is 11.6 Å². The lowest BCUT2D eigenvalue weighted by Gasteiger charge is -2.13. The summed E-state index contributed by atoms with van der Waals surface area (Å²) in [4.78, 5) is 12.3. The molecule has 1 N–H and O–H groups in total. The van der Waals surface area contributed by atoms with Crippen molar-refractivity contribution in [3.63, 3.8) is 0 Å². The maximum atomic E-state index is 13.6. The van der Waals surface area contributed by atoms with Crippen molar-refractivity contribution >= 4 is 17.0 Å². The Morgan fingerprint density at radius 1 is 0.943 bits per heavy atom. The molecule has 0 aliphatic heterocycles. The second kappa shape index (κ2) is 10.8. The van der Waals surface area contributed by atoms with Gasteiger partial charge in [0.2, 0.25) is 0 Å². The average Bonchev–Trinajstić information content (AvgIpc) is 3.16. The Hall–Kier alpha value is -3.62. The van der Waals surface area contributed by atoms with Crippen LogP contribution < -0.4 is 0 Å². The molecule has 1 atom stereocenters. The third-order valence-corrected chi connectivity index (χ3v) is 6.24. The molecule has 3 aromatic carbocycles. The van der Waals surface area contributed by atoms with Gasteiger partial charge in [0.25, 0.3) is 0 Å². The van der Waals surface area contributed by atoms with Gasteiger partial charge in [-0.25, -0.2) is 17.8 Å². The Kier molecular flexibility index (Phi) is 7.53. The second-order valence-corrected chi connectivity index (χ2v) is 8.94. The Morgan fingerprint density at radius 2 is 1.54 bits per heavy atom. The van der Waals surface area contributed by atoms with Gasteiger partial charge in [-0.3, -0.25) is 0 Å². The minimum atomic E-state index is -1.93. The van der Waals surface area contributed by atoms with Gasteiger partial charge < -0.3 is 13.9 Å². The van der Waals surface area contributed by atoms with Crippen LogP contribution >= 0.6 is 0 Å². The molecule has 0 aliphatic rings. The molecular weight excluding hydrogens is 472 g/mol. The van der Waals surface area contributed by atoms with E-state index in [1.165, 1.54) is 36.4 Å². The molecular formula is C27H23F2NO4S. The molecule has 5 nitrogen and oxygen atoms in total. The van der Waals surface area contributed by atoms with E-state index >= 15 is 0 Å². The van der Waals surface area contributed by atoms with Crippen molar-refractivity contribution in [1.82, 2.24) is 4.57 Å². The van der Waals surface area contributed by atoms with Crippen molar-refractivity contribution in [1.29, 1.82) is 0 Å². The van der Waals surface area contributed by atoms with Crippen LogP contribution in [0.2, 0.25) is 0 Å². The standard InChI is InChI=1S/C27H23F2NO4S/c1-18-22(14-15-34-27(31)21-6-8-23(28)9-7-21)16-26(30(18)25-12-10-24(29)11-13-25)20-4-2-19(3-5-20)17-35(32)33/h2-13,16H,14-15,17H2,1H3,(H,32,33). The zero-order valence-corrected chi connectivity index (χ0v) is 19.7. The molecule has 0 saturated heterocycles. The largest absolute Gasteiger partial charge is 0.462 e. The molecule has 1 heterocycles. The van der Waals surface area contributed by atoms with E-state index in [1.54, 1.807) is 24.3 Å². The first-order valence-corrected chi connectivity index (χ1v) is 12.2. The predicted molar refractivity (Wildman–Crippen MR) is 131 cm³/mol.